The predicted octanol–water partition coefficient (Wildman–Crippen LogP) is 4.11. The summed E-state index contributed by atoms with van der Waals surface area (Å²) >= 11 is 1.13. The summed E-state index contributed by atoms with van der Waals surface area (Å²) in [7, 11) is 1.37. The fraction of sp³-hybridized carbons (Fsp3) is 0.200. The van der Waals surface area contributed by atoms with Crippen LogP contribution in [0.2, 0.25) is 0 Å². The lowest BCUT2D eigenvalue weighted by molar-refractivity contribution is 0.102. The summed E-state index contributed by atoms with van der Waals surface area (Å²) in [4.78, 5) is 33.2. The zero-order valence-electron chi connectivity index (χ0n) is 19.3. The van der Waals surface area contributed by atoms with Crippen LogP contribution in [0.1, 0.15) is 40.3 Å². The van der Waals surface area contributed by atoms with Crippen LogP contribution in [0.3, 0.4) is 0 Å². The second-order valence-electron chi connectivity index (χ2n) is 8.03. The van der Waals surface area contributed by atoms with Gasteiger partial charge in [0.15, 0.2) is 5.01 Å². The molecular formula is C25H18F2N6O3S. The Bertz CT molecular complexity index is 1600. The molecule has 12 heteroatoms. The maximum Gasteiger partial charge on any atom is 0.280 e. The highest BCUT2D eigenvalue weighted by molar-refractivity contribution is 7.15. The standard InChI is InChI=1S/C25H18F2N6O3S/c1-36-20-12-29-19(23(26)27)11-18(20)17-10-15(33-9-8-28-13-22(33)34)5-6-16(17)24(35)30-25-32-31-21(37-25)7-4-14-2-3-14/h5-6,8-14,23H,2-3H2,1H3,(H,30,32,35). The molecule has 0 bridgehead atoms. The van der Waals surface area contributed by atoms with Crippen LogP contribution in [0.25, 0.3) is 16.8 Å². The monoisotopic (exact) mass is 520 g/mol. The van der Waals surface area contributed by atoms with E-state index in [2.05, 4.69) is 37.3 Å². The van der Waals surface area contributed by atoms with Crippen molar-refractivity contribution in [2.24, 2.45) is 5.92 Å². The van der Waals surface area contributed by atoms with Gasteiger partial charge in [-0.05, 0) is 43.0 Å². The number of carbonyl (C=O) groups excluding carboxylic acids is 1. The number of nitrogens with zero attached hydrogens (tertiary/aromatic N) is 5. The molecule has 1 aliphatic carbocycles. The Morgan fingerprint density at radius 3 is 2.78 bits per heavy atom. The maximum atomic E-state index is 13.5. The largest absolute Gasteiger partial charge is 0.494 e. The molecule has 0 unspecified atom stereocenters. The molecule has 0 saturated heterocycles. The number of pyridine rings is 1. The number of methoxy groups -OCH3 is 1. The Balaban J connectivity index is 1.58. The predicted molar refractivity (Wildman–Crippen MR) is 132 cm³/mol. The lowest BCUT2D eigenvalue weighted by Gasteiger charge is -2.16. The number of hydrogen-bond donors (Lipinski definition) is 1. The molecule has 0 spiro atoms. The number of amides is 1. The van der Waals surface area contributed by atoms with Crippen molar-refractivity contribution in [3.8, 4) is 34.4 Å². The van der Waals surface area contributed by atoms with Crippen molar-refractivity contribution in [2.45, 2.75) is 19.3 Å². The first-order valence-corrected chi connectivity index (χ1v) is 11.9. The molecule has 1 amide bonds. The number of carbonyl (C=O) groups is 1. The molecule has 0 aliphatic heterocycles. The van der Waals surface area contributed by atoms with Gasteiger partial charge in [-0.1, -0.05) is 17.3 Å². The second kappa shape index (κ2) is 10.2. The van der Waals surface area contributed by atoms with Crippen molar-refractivity contribution in [3.05, 3.63) is 75.7 Å². The summed E-state index contributed by atoms with van der Waals surface area (Å²) in [5.41, 5.74) is 0.0839. The molecule has 3 heterocycles. The Kier molecular flexibility index (Phi) is 6.70. The zero-order valence-corrected chi connectivity index (χ0v) is 20.1. The quantitative estimate of drug-likeness (QED) is 0.381. The number of aromatic nitrogens is 5. The van der Waals surface area contributed by atoms with E-state index < -0.39 is 23.6 Å². The van der Waals surface area contributed by atoms with Crippen LogP contribution in [0.4, 0.5) is 13.9 Å². The third-order valence-electron chi connectivity index (χ3n) is 5.48. The van der Waals surface area contributed by atoms with Gasteiger partial charge in [0.2, 0.25) is 5.13 Å². The highest BCUT2D eigenvalue weighted by Crippen LogP contribution is 2.36. The first-order chi connectivity index (χ1) is 17.9. The van der Waals surface area contributed by atoms with Gasteiger partial charge in [-0.2, -0.15) is 0 Å². The molecule has 0 atom stereocenters. The van der Waals surface area contributed by atoms with Gasteiger partial charge in [0.1, 0.15) is 11.4 Å². The molecule has 1 saturated carbocycles. The molecule has 1 aliphatic rings. The van der Waals surface area contributed by atoms with E-state index in [9.17, 15) is 18.4 Å². The number of halogens is 2. The normalized spacial score (nSPS) is 12.6. The highest BCUT2D eigenvalue weighted by atomic mass is 32.1. The summed E-state index contributed by atoms with van der Waals surface area (Å²) in [6, 6.07) is 5.75. The lowest BCUT2D eigenvalue weighted by atomic mass is 9.97. The molecule has 186 valence electrons. The average molecular weight is 521 g/mol. The van der Waals surface area contributed by atoms with E-state index in [-0.39, 0.29) is 27.6 Å². The van der Waals surface area contributed by atoms with Crippen LogP contribution >= 0.6 is 11.3 Å². The van der Waals surface area contributed by atoms with E-state index in [4.69, 9.17) is 4.74 Å². The zero-order chi connectivity index (χ0) is 25.9. The number of ether oxygens (including phenoxy) is 1. The Morgan fingerprint density at radius 1 is 1.22 bits per heavy atom. The van der Waals surface area contributed by atoms with Gasteiger partial charge in [-0.15, -0.1) is 10.2 Å². The molecule has 1 fully saturated rings. The van der Waals surface area contributed by atoms with Gasteiger partial charge in [0.05, 0.1) is 19.5 Å². The average Bonchev–Trinajstić information content (AvgIpc) is 3.64. The van der Waals surface area contributed by atoms with E-state index in [1.807, 2.05) is 0 Å². The number of alkyl halides is 2. The van der Waals surface area contributed by atoms with Crippen molar-refractivity contribution in [1.29, 1.82) is 0 Å². The SMILES string of the molecule is COc1cnc(C(F)F)cc1-c1cc(-n2ccncc2=O)ccc1C(=O)Nc1nnc(C#CC2CC2)s1. The number of nitrogens with one attached hydrogen (secondary N) is 1. The van der Waals surface area contributed by atoms with Crippen LogP contribution in [-0.2, 0) is 0 Å². The van der Waals surface area contributed by atoms with Crippen molar-refractivity contribution in [1.82, 2.24) is 24.7 Å². The summed E-state index contributed by atoms with van der Waals surface area (Å²) in [6.07, 6.45) is 4.51. The Morgan fingerprint density at radius 2 is 2.05 bits per heavy atom. The van der Waals surface area contributed by atoms with E-state index in [1.165, 1.54) is 42.4 Å². The van der Waals surface area contributed by atoms with Crippen LogP contribution in [-0.4, -0.2) is 37.7 Å². The molecule has 3 aromatic heterocycles. The van der Waals surface area contributed by atoms with Gasteiger partial charge in [0.25, 0.3) is 17.9 Å². The minimum absolute atomic E-state index is 0.136. The minimum Gasteiger partial charge on any atom is -0.494 e. The third kappa shape index (κ3) is 5.36. The van der Waals surface area contributed by atoms with Crippen LogP contribution < -0.4 is 15.6 Å². The topological polar surface area (TPSA) is 112 Å². The first kappa shape index (κ1) is 24.2. The van der Waals surface area contributed by atoms with Crippen molar-refractivity contribution >= 4 is 22.4 Å². The summed E-state index contributed by atoms with van der Waals surface area (Å²) in [6.45, 7) is 0. The molecule has 4 aromatic rings. The minimum atomic E-state index is -2.84. The maximum absolute atomic E-state index is 13.5. The fourth-order valence-electron chi connectivity index (χ4n) is 3.50. The fourth-order valence-corrected chi connectivity index (χ4v) is 4.10. The van der Waals surface area contributed by atoms with Gasteiger partial charge >= 0.3 is 0 Å². The number of hydrogen-bond acceptors (Lipinski definition) is 8. The Hall–Kier alpha value is -4.50. The Labute approximate surface area is 213 Å². The van der Waals surface area contributed by atoms with Crippen molar-refractivity contribution in [2.75, 3.05) is 12.4 Å². The molecular weight excluding hydrogens is 502 g/mol. The number of benzene rings is 1. The number of rotatable bonds is 6. The molecule has 9 nitrogen and oxygen atoms in total. The summed E-state index contributed by atoms with van der Waals surface area (Å²) in [5.74, 6) is 6.05. The second-order valence-corrected chi connectivity index (χ2v) is 9.01. The van der Waals surface area contributed by atoms with Crippen molar-refractivity contribution < 1.29 is 18.3 Å². The van der Waals surface area contributed by atoms with E-state index in [0.29, 0.717) is 16.6 Å². The van der Waals surface area contributed by atoms with Crippen LogP contribution in [0.5, 0.6) is 5.75 Å². The van der Waals surface area contributed by atoms with E-state index in [1.54, 1.807) is 6.07 Å². The lowest BCUT2D eigenvalue weighted by Crippen LogP contribution is -2.18. The van der Waals surface area contributed by atoms with Gasteiger partial charge in [0, 0.05) is 40.7 Å². The summed E-state index contributed by atoms with van der Waals surface area (Å²) < 4.78 is 33.7. The van der Waals surface area contributed by atoms with Crippen LogP contribution in [0.15, 0.2) is 53.8 Å². The van der Waals surface area contributed by atoms with E-state index in [0.717, 1.165) is 36.4 Å². The number of anilines is 1. The molecule has 0 radical (unpaired) electrons. The van der Waals surface area contributed by atoms with Crippen molar-refractivity contribution in [3.63, 3.8) is 0 Å². The molecule has 5 rings (SSSR count). The smallest absolute Gasteiger partial charge is 0.280 e. The molecule has 1 N–H and O–H groups in total. The van der Waals surface area contributed by atoms with Gasteiger partial charge in [-0.3, -0.25) is 29.4 Å². The molecule has 37 heavy (non-hydrogen) atoms. The third-order valence-corrected chi connectivity index (χ3v) is 6.23. The van der Waals surface area contributed by atoms with Gasteiger partial charge < -0.3 is 4.74 Å². The van der Waals surface area contributed by atoms with Crippen LogP contribution in [0, 0.1) is 17.8 Å². The molecule has 1 aromatic carbocycles. The van der Waals surface area contributed by atoms with Gasteiger partial charge in [-0.25, -0.2) is 8.78 Å². The highest BCUT2D eigenvalue weighted by Gasteiger charge is 2.22. The first-order valence-electron chi connectivity index (χ1n) is 11.1. The summed E-state index contributed by atoms with van der Waals surface area (Å²) in [5, 5.41) is 11.4. The van der Waals surface area contributed by atoms with E-state index >= 15 is 0 Å².